The highest BCUT2D eigenvalue weighted by molar-refractivity contribution is 5.83. The van der Waals surface area contributed by atoms with Crippen molar-refractivity contribution in [2.75, 3.05) is 13.2 Å². The number of rotatable bonds is 5. The van der Waals surface area contributed by atoms with Gasteiger partial charge in [0.2, 0.25) is 0 Å². The predicted octanol–water partition coefficient (Wildman–Crippen LogP) is 1.59. The van der Waals surface area contributed by atoms with Crippen LogP contribution in [0, 0.1) is 0 Å². The Morgan fingerprint density at radius 1 is 1.53 bits per heavy atom. The standard InChI is InChI=1S/C12H23NO2/c1-3-12(15)10(2)13-8-5-4-6-11(13)7-9-14/h10-11,14H,3-9H2,1-2H3. The molecule has 0 aromatic heterocycles. The van der Waals surface area contributed by atoms with E-state index in [4.69, 9.17) is 5.11 Å². The first-order chi connectivity index (χ1) is 7.20. The fourth-order valence-electron chi connectivity index (χ4n) is 2.47. The summed E-state index contributed by atoms with van der Waals surface area (Å²) in [5.41, 5.74) is 0. The first kappa shape index (κ1) is 12.7. The molecule has 1 N–H and O–H groups in total. The van der Waals surface area contributed by atoms with Gasteiger partial charge in [0.15, 0.2) is 0 Å². The molecule has 1 aliphatic heterocycles. The average molecular weight is 213 g/mol. The summed E-state index contributed by atoms with van der Waals surface area (Å²) in [7, 11) is 0. The third-order valence-corrected chi connectivity index (χ3v) is 3.45. The van der Waals surface area contributed by atoms with Crippen LogP contribution >= 0.6 is 0 Å². The van der Waals surface area contributed by atoms with Crippen LogP contribution in [0.15, 0.2) is 0 Å². The second-order valence-corrected chi connectivity index (χ2v) is 4.40. The monoisotopic (exact) mass is 213 g/mol. The summed E-state index contributed by atoms with van der Waals surface area (Å²) in [6, 6.07) is 0.445. The molecule has 1 fully saturated rings. The molecule has 3 nitrogen and oxygen atoms in total. The molecule has 2 unspecified atom stereocenters. The largest absolute Gasteiger partial charge is 0.396 e. The number of hydrogen-bond acceptors (Lipinski definition) is 3. The van der Waals surface area contributed by atoms with E-state index in [9.17, 15) is 4.79 Å². The minimum absolute atomic E-state index is 0.0341. The zero-order chi connectivity index (χ0) is 11.3. The lowest BCUT2D eigenvalue weighted by molar-refractivity contribution is -0.125. The van der Waals surface area contributed by atoms with E-state index in [0.717, 1.165) is 19.4 Å². The van der Waals surface area contributed by atoms with Crippen LogP contribution in [0.5, 0.6) is 0 Å². The van der Waals surface area contributed by atoms with Gasteiger partial charge in [-0.15, -0.1) is 0 Å². The Morgan fingerprint density at radius 3 is 2.87 bits per heavy atom. The molecule has 0 aromatic rings. The Labute approximate surface area is 92.5 Å². The number of Topliss-reactive ketones (excluding diaryl/α,β-unsaturated/α-hetero) is 1. The van der Waals surface area contributed by atoms with Gasteiger partial charge in [-0.1, -0.05) is 13.3 Å². The van der Waals surface area contributed by atoms with Crippen molar-refractivity contribution < 1.29 is 9.90 Å². The van der Waals surface area contributed by atoms with Crippen LogP contribution in [-0.4, -0.2) is 41.0 Å². The number of aliphatic hydroxyl groups excluding tert-OH is 1. The quantitative estimate of drug-likeness (QED) is 0.754. The first-order valence-electron chi connectivity index (χ1n) is 6.10. The summed E-state index contributed by atoms with van der Waals surface area (Å²) < 4.78 is 0. The predicted molar refractivity (Wildman–Crippen MR) is 60.8 cm³/mol. The van der Waals surface area contributed by atoms with E-state index < -0.39 is 0 Å². The maximum atomic E-state index is 11.7. The van der Waals surface area contributed by atoms with Gasteiger partial charge in [0.05, 0.1) is 6.04 Å². The Bertz CT molecular complexity index is 204. The SMILES string of the molecule is CCC(=O)C(C)N1CCCCC1CCO. The molecular weight excluding hydrogens is 190 g/mol. The minimum Gasteiger partial charge on any atom is -0.396 e. The number of piperidine rings is 1. The number of ketones is 1. The van der Waals surface area contributed by atoms with Crippen molar-refractivity contribution in [3.8, 4) is 0 Å². The summed E-state index contributed by atoms with van der Waals surface area (Å²) in [6.07, 6.45) is 4.96. The summed E-state index contributed by atoms with van der Waals surface area (Å²) in [6.45, 7) is 5.16. The molecule has 3 heteroatoms. The third kappa shape index (κ3) is 3.28. The maximum Gasteiger partial charge on any atom is 0.149 e. The molecule has 2 atom stereocenters. The van der Waals surface area contributed by atoms with Gasteiger partial charge in [0.1, 0.15) is 5.78 Å². The molecule has 1 heterocycles. The summed E-state index contributed by atoms with van der Waals surface area (Å²) in [5, 5.41) is 9.00. The molecule has 0 amide bonds. The van der Waals surface area contributed by atoms with Crippen molar-refractivity contribution in [2.24, 2.45) is 0 Å². The second-order valence-electron chi connectivity index (χ2n) is 4.40. The molecule has 15 heavy (non-hydrogen) atoms. The third-order valence-electron chi connectivity index (χ3n) is 3.45. The highest BCUT2D eigenvalue weighted by Gasteiger charge is 2.28. The summed E-state index contributed by atoms with van der Waals surface area (Å²) >= 11 is 0. The lowest BCUT2D eigenvalue weighted by Crippen LogP contribution is -2.48. The van der Waals surface area contributed by atoms with Gasteiger partial charge in [-0.05, 0) is 32.7 Å². The smallest absolute Gasteiger partial charge is 0.149 e. The number of aliphatic hydroxyl groups is 1. The lowest BCUT2D eigenvalue weighted by Gasteiger charge is -2.39. The lowest BCUT2D eigenvalue weighted by atomic mass is 9.96. The Balaban J connectivity index is 2.58. The molecule has 0 radical (unpaired) electrons. The van der Waals surface area contributed by atoms with Crippen LogP contribution in [0.1, 0.15) is 46.0 Å². The van der Waals surface area contributed by atoms with E-state index >= 15 is 0 Å². The van der Waals surface area contributed by atoms with Crippen LogP contribution in [0.4, 0.5) is 0 Å². The van der Waals surface area contributed by atoms with Crippen LogP contribution in [0.3, 0.4) is 0 Å². The van der Waals surface area contributed by atoms with E-state index in [1.165, 1.54) is 12.8 Å². The number of carbonyl (C=O) groups excluding carboxylic acids is 1. The zero-order valence-corrected chi connectivity index (χ0v) is 9.91. The van der Waals surface area contributed by atoms with Gasteiger partial charge in [-0.2, -0.15) is 0 Å². The molecule has 1 saturated heterocycles. The first-order valence-corrected chi connectivity index (χ1v) is 6.10. The van der Waals surface area contributed by atoms with E-state index in [2.05, 4.69) is 4.90 Å². The van der Waals surface area contributed by atoms with Crippen LogP contribution in [0.25, 0.3) is 0 Å². The van der Waals surface area contributed by atoms with Crippen molar-refractivity contribution in [2.45, 2.75) is 58.0 Å². The molecule has 0 aliphatic carbocycles. The summed E-state index contributed by atoms with van der Waals surface area (Å²) in [4.78, 5) is 13.9. The number of carbonyl (C=O) groups is 1. The Hall–Kier alpha value is -0.410. The van der Waals surface area contributed by atoms with Gasteiger partial charge < -0.3 is 5.11 Å². The highest BCUT2D eigenvalue weighted by Crippen LogP contribution is 2.22. The van der Waals surface area contributed by atoms with Crippen molar-refractivity contribution in [1.29, 1.82) is 0 Å². The fourth-order valence-corrected chi connectivity index (χ4v) is 2.47. The van der Waals surface area contributed by atoms with Crippen molar-refractivity contribution >= 4 is 5.78 Å². The minimum atomic E-state index is 0.0341. The molecule has 0 saturated carbocycles. The van der Waals surface area contributed by atoms with Crippen molar-refractivity contribution in [1.82, 2.24) is 4.90 Å². The molecular formula is C12H23NO2. The van der Waals surface area contributed by atoms with Crippen LogP contribution in [0.2, 0.25) is 0 Å². The molecule has 88 valence electrons. The topological polar surface area (TPSA) is 40.5 Å². The molecule has 1 rings (SSSR count). The van der Waals surface area contributed by atoms with Gasteiger partial charge in [-0.25, -0.2) is 0 Å². The molecule has 0 spiro atoms. The van der Waals surface area contributed by atoms with Crippen molar-refractivity contribution in [3.05, 3.63) is 0 Å². The van der Waals surface area contributed by atoms with Gasteiger partial charge >= 0.3 is 0 Å². The average Bonchev–Trinajstić information content (AvgIpc) is 2.28. The van der Waals surface area contributed by atoms with E-state index in [1.807, 2.05) is 13.8 Å². The number of hydrogen-bond donors (Lipinski definition) is 1. The van der Waals surface area contributed by atoms with E-state index in [-0.39, 0.29) is 12.6 Å². The number of nitrogens with zero attached hydrogens (tertiary/aromatic N) is 1. The van der Waals surface area contributed by atoms with Crippen LogP contribution in [-0.2, 0) is 4.79 Å². The number of likely N-dealkylation sites (tertiary alicyclic amines) is 1. The van der Waals surface area contributed by atoms with Crippen molar-refractivity contribution in [3.63, 3.8) is 0 Å². The molecule has 1 aliphatic rings. The Kier molecular flexibility index (Phi) is 5.26. The van der Waals surface area contributed by atoms with Gasteiger partial charge in [-0.3, -0.25) is 9.69 Å². The fraction of sp³-hybridized carbons (Fsp3) is 0.917. The molecule has 0 bridgehead atoms. The Morgan fingerprint density at radius 2 is 2.27 bits per heavy atom. The highest BCUT2D eigenvalue weighted by atomic mass is 16.3. The van der Waals surface area contributed by atoms with Gasteiger partial charge in [0, 0.05) is 19.1 Å². The summed E-state index contributed by atoms with van der Waals surface area (Å²) in [5.74, 6) is 0.319. The van der Waals surface area contributed by atoms with E-state index in [0.29, 0.717) is 18.2 Å². The maximum absolute atomic E-state index is 11.7. The van der Waals surface area contributed by atoms with Gasteiger partial charge in [0.25, 0.3) is 0 Å². The normalized spacial score (nSPS) is 25.1. The zero-order valence-electron chi connectivity index (χ0n) is 9.91. The second kappa shape index (κ2) is 6.23. The van der Waals surface area contributed by atoms with Crippen LogP contribution < -0.4 is 0 Å². The van der Waals surface area contributed by atoms with E-state index in [1.54, 1.807) is 0 Å². The molecule has 0 aromatic carbocycles.